The Balaban J connectivity index is 0.000000730. The van der Waals surface area contributed by atoms with Crippen LogP contribution in [0.4, 0.5) is 0 Å². The molecule has 0 fully saturated rings. The molecule has 2 heterocycles. The van der Waals surface area contributed by atoms with Crippen molar-refractivity contribution in [3.8, 4) is 33.9 Å². The first-order valence-electron chi connectivity index (χ1n) is 9.92. The van der Waals surface area contributed by atoms with Crippen molar-refractivity contribution >= 4 is 17.2 Å². The number of aromatic nitrogens is 3. The zero-order valence-corrected chi connectivity index (χ0v) is 17.4. The van der Waals surface area contributed by atoms with E-state index >= 15 is 0 Å². The second-order valence-electron chi connectivity index (χ2n) is 7.07. The monoisotopic (exact) mass is 409 g/mol. The molecule has 0 saturated carbocycles. The number of hydrogen-bond acceptors (Lipinski definition) is 3. The lowest BCUT2D eigenvalue weighted by Crippen LogP contribution is -1.82. The van der Waals surface area contributed by atoms with Crippen molar-refractivity contribution < 1.29 is 9.53 Å². The molecular formula is C26H23N3O2. The van der Waals surface area contributed by atoms with Crippen LogP contribution in [0.1, 0.15) is 10.4 Å². The number of carbonyl (C=O) groups excluding carboxylic acids is 1. The molecule has 5 heteroatoms. The normalized spacial score (nSPS) is 10.5. The molecule has 0 spiro atoms. The van der Waals surface area contributed by atoms with Gasteiger partial charge in [0, 0.05) is 53.6 Å². The van der Waals surface area contributed by atoms with Gasteiger partial charge in [0.2, 0.25) is 0 Å². The van der Waals surface area contributed by atoms with Crippen LogP contribution in [0, 0.1) is 0 Å². The van der Waals surface area contributed by atoms with Gasteiger partial charge in [-0.25, -0.2) is 4.98 Å². The van der Waals surface area contributed by atoms with Crippen molar-refractivity contribution in [2.24, 2.45) is 0 Å². The van der Waals surface area contributed by atoms with Gasteiger partial charge in [0.15, 0.2) is 0 Å². The van der Waals surface area contributed by atoms with Crippen LogP contribution in [0.25, 0.3) is 44.8 Å². The highest BCUT2D eigenvalue weighted by atomic mass is 16.4. The fourth-order valence-corrected chi connectivity index (χ4v) is 3.53. The van der Waals surface area contributed by atoms with Crippen molar-refractivity contribution in [1.29, 1.82) is 0 Å². The fourth-order valence-electron chi connectivity index (χ4n) is 3.53. The summed E-state index contributed by atoms with van der Waals surface area (Å²) >= 11 is 0. The molecule has 2 N–H and O–H groups in total. The molecule has 0 aliphatic heterocycles. The van der Waals surface area contributed by atoms with Crippen LogP contribution in [0.2, 0.25) is 0 Å². The Hall–Kier alpha value is -3.96. The first-order valence-corrected chi connectivity index (χ1v) is 9.92. The number of benzene rings is 3. The molecular weight excluding hydrogens is 386 g/mol. The molecule has 0 aliphatic carbocycles. The molecule has 31 heavy (non-hydrogen) atoms. The standard InChI is InChI=1S/C24H17N3O.C2H6O/c28-15-16-11-12-19-20(14-25-21(19)13-16)24-26-22(17-7-3-1-4-8-17)23(27-24)18-9-5-2-6-10-18;1-3-2/h1-15,25H,(H,26,27);1-2H3. The van der Waals surface area contributed by atoms with Crippen molar-refractivity contribution in [1.82, 2.24) is 15.0 Å². The van der Waals surface area contributed by atoms with E-state index < -0.39 is 0 Å². The van der Waals surface area contributed by atoms with Gasteiger partial charge in [0.25, 0.3) is 0 Å². The molecule has 5 nitrogen and oxygen atoms in total. The second kappa shape index (κ2) is 9.24. The summed E-state index contributed by atoms with van der Waals surface area (Å²) in [5.41, 5.74) is 6.59. The minimum absolute atomic E-state index is 0.648. The van der Waals surface area contributed by atoms with E-state index in [1.165, 1.54) is 0 Å². The first kappa shape index (κ1) is 20.3. The average molecular weight is 409 g/mol. The number of rotatable bonds is 4. The van der Waals surface area contributed by atoms with E-state index in [2.05, 4.69) is 39.0 Å². The lowest BCUT2D eigenvalue weighted by Gasteiger charge is -2.02. The summed E-state index contributed by atoms with van der Waals surface area (Å²) in [6, 6.07) is 26.0. The minimum atomic E-state index is 0.648. The van der Waals surface area contributed by atoms with Crippen LogP contribution < -0.4 is 0 Å². The predicted molar refractivity (Wildman–Crippen MR) is 125 cm³/mol. The Morgan fingerprint density at radius 1 is 0.871 bits per heavy atom. The molecule has 0 aliphatic rings. The van der Waals surface area contributed by atoms with Gasteiger partial charge in [-0.3, -0.25) is 4.79 Å². The molecule has 0 atom stereocenters. The summed E-state index contributed by atoms with van der Waals surface area (Å²) in [7, 11) is 3.25. The molecule has 0 bridgehead atoms. The minimum Gasteiger partial charge on any atom is -0.388 e. The third-order valence-corrected chi connectivity index (χ3v) is 4.91. The van der Waals surface area contributed by atoms with Crippen LogP contribution in [-0.2, 0) is 4.74 Å². The highest BCUT2D eigenvalue weighted by molar-refractivity contribution is 5.97. The molecule has 0 unspecified atom stereocenters. The molecule has 2 aromatic heterocycles. The van der Waals surface area contributed by atoms with Gasteiger partial charge in [0.1, 0.15) is 12.1 Å². The van der Waals surface area contributed by atoms with Crippen LogP contribution >= 0.6 is 0 Å². The zero-order chi connectivity index (χ0) is 21.6. The summed E-state index contributed by atoms with van der Waals surface area (Å²) in [6.07, 6.45) is 2.79. The zero-order valence-electron chi connectivity index (χ0n) is 17.4. The third-order valence-electron chi connectivity index (χ3n) is 4.91. The molecule has 154 valence electrons. The summed E-state index contributed by atoms with van der Waals surface area (Å²) in [5.74, 6) is 0.794. The Labute approximate surface area is 180 Å². The van der Waals surface area contributed by atoms with Crippen LogP contribution in [0.3, 0.4) is 0 Å². The van der Waals surface area contributed by atoms with Gasteiger partial charge in [-0.05, 0) is 6.07 Å². The van der Waals surface area contributed by atoms with Crippen molar-refractivity contribution in [2.45, 2.75) is 0 Å². The highest BCUT2D eigenvalue weighted by Gasteiger charge is 2.17. The summed E-state index contributed by atoms with van der Waals surface area (Å²) in [6.45, 7) is 0. The maximum atomic E-state index is 11.1. The highest BCUT2D eigenvalue weighted by Crippen LogP contribution is 2.35. The average Bonchev–Trinajstić information content (AvgIpc) is 3.45. The van der Waals surface area contributed by atoms with E-state index in [0.29, 0.717) is 5.56 Å². The largest absolute Gasteiger partial charge is 0.388 e. The second-order valence-corrected chi connectivity index (χ2v) is 7.07. The molecule has 0 radical (unpaired) electrons. The number of carbonyl (C=O) groups is 1. The fraction of sp³-hybridized carbons (Fsp3) is 0.0769. The predicted octanol–water partition coefficient (Wildman–Crippen LogP) is 5.97. The number of nitrogens with one attached hydrogen (secondary N) is 2. The van der Waals surface area contributed by atoms with Gasteiger partial charge in [-0.1, -0.05) is 72.8 Å². The van der Waals surface area contributed by atoms with Crippen LogP contribution in [-0.4, -0.2) is 35.5 Å². The topological polar surface area (TPSA) is 70.8 Å². The number of ether oxygens (including phenoxy) is 1. The van der Waals surface area contributed by atoms with Crippen LogP contribution in [0.5, 0.6) is 0 Å². The van der Waals surface area contributed by atoms with E-state index in [4.69, 9.17) is 4.98 Å². The maximum absolute atomic E-state index is 11.1. The Bertz CT molecular complexity index is 1230. The molecule has 5 rings (SSSR count). The lowest BCUT2D eigenvalue weighted by molar-refractivity contribution is 0.112. The van der Waals surface area contributed by atoms with Gasteiger partial charge in [0.05, 0.1) is 11.4 Å². The SMILES string of the molecule is COC.O=Cc1ccc2c(-c3nc(-c4ccccc4)c(-c4ccccc4)[nH]3)c[nH]c2c1. The van der Waals surface area contributed by atoms with Crippen molar-refractivity contribution in [3.63, 3.8) is 0 Å². The van der Waals surface area contributed by atoms with Crippen molar-refractivity contribution in [3.05, 3.63) is 90.6 Å². The first-order chi connectivity index (χ1) is 15.2. The van der Waals surface area contributed by atoms with E-state index in [9.17, 15) is 4.79 Å². The summed E-state index contributed by atoms with van der Waals surface area (Å²) in [5, 5.41) is 1.03. The summed E-state index contributed by atoms with van der Waals surface area (Å²) in [4.78, 5) is 22.8. The number of aromatic amines is 2. The number of nitrogens with zero attached hydrogens (tertiary/aromatic N) is 1. The van der Waals surface area contributed by atoms with Gasteiger partial charge in [-0.15, -0.1) is 0 Å². The molecule has 5 aromatic rings. The number of aldehydes is 1. The van der Waals surface area contributed by atoms with E-state index in [-0.39, 0.29) is 0 Å². The lowest BCUT2D eigenvalue weighted by atomic mass is 10.1. The molecule has 0 amide bonds. The van der Waals surface area contributed by atoms with Crippen molar-refractivity contribution in [2.75, 3.05) is 14.2 Å². The number of hydrogen-bond donors (Lipinski definition) is 2. The maximum Gasteiger partial charge on any atom is 0.150 e. The van der Waals surface area contributed by atoms with E-state index in [1.54, 1.807) is 14.2 Å². The molecule has 0 saturated heterocycles. The number of imidazole rings is 1. The number of H-pyrrole nitrogens is 2. The number of methoxy groups -OCH3 is 1. The van der Waals surface area contributed by atoms with Gasteiger partial charge >= 0.3 is 0 Å². The third kappa shape index (κ3) is 4.17. The molecule has 3 aromatic carbocycles. The summed E-state index contributed by atoms with van der Waals surface area (Å²) < 4.78 is 4.25. The van der Waals surface area contributed by atoms with E-state index in [0.717, 1.165) is 51.1 Å². The Morgan fingerprint density at radius 2 is 1.52 bits per heavy atom. The quantitative estimate of drug-likeness (QED) is 0.359. The number of fused-ring (bicyclic) bond motifs is 1. The van der Waals surface area contributed by atoms with Gasteiger partial charge in [-0.2, -0.15) is 0 Å². The van der Waals surface area contributed by atoms with Gasteiger partial charge < -0.3 is 14.7 Å². The Kier molecular flexibility index (Phi) is 6.05. The Morgan fingerprint density at radius 3 is 2.16 bits per heavy atom. The van der Waals surface area contributed by atoms with E-state index in [1.807, 2.05) is 60.8 Å². The van der Waals surface area contributed by atoms with Crippen LogP contribution in [0.15, 0.2) is 85.1 Å². The smallest absolute Gasteiger partial charge is 0.150 e.